The van der Waals surface area contributed by atoms with Crippen molar-refractivity contribution < 1.29 is 37.2 Å². The number of alkyl halides is 3. The fourth-order valence-electron chi connectivity index (χ4n) is 3.81. The Bertz CT molecular complexity index is 1260. The summed E-state index contributed by atoms with van der Waals surface area (Å²) in [6.45, 7) is 0. The van der Waals surface area contributed by atoms with Gasteiger partial charge in [-0.2, -0.15) is 13.2 Å². The first-order valence-electron chi connectivity index (χ1n) is 9.83. The first kappa shape index (κ1) is 23.0. The molecular formula is C22H16F3N3O6. The number of nitro groups is 1. The SMILES string of the molecule is O=C1N[C@H](c2ccc(-c3cccc([N+](=O)[O-])c3)o2)[C@@H](C(=O)c2ccccc2)[C@@](O)(C(F)(F)F)N1. The number of ketones is 1. The predicted octanol–water partition coefficient (Wildman–Crippen LogP) is 3.96. The number of aliphatic hydroxyl groups is 1. The monoisotopic (exact) mass is 475 g/mol. The molecule has 0 unspecified atom stereocenters. The van der Waals surface area contributed by atoms with E-state index >= 15 is 0 Å². The highest BCUT2D eigenvalue weighted by Crippen LogP contribution is 2.44. The Morgan fingerprint density at radius 3 is 2.44 bits per heavy atom. The Balaban J connectivity index is 1.80. The van der Waals surface area contributed by atoms with Crippen molar-refractivity contribution in [2.75, 3.05) is 0 Å². The van der Waals surface area contributed by atoms with Gasteiger partial charge >= 0.3 is 12.2 Å². The van der Waals surface area contributed by atoms with Crippen molar-refractivity contribution in [3.8, 4) is 11.3 Å². The number of carbonyl (C=O) groups is 2. The number of halogens is 3. The van der Waals surface area contributed by atoms with Gasteiger partial charge in [0.2, 0.25) is 5.72 Å². The third-order valence-electron chi connectivity index (χ3n) is 5.42. The van der Waals surface area contributed by atoms with Crippen LogP contribution in [0.2, 0.25) is 0 Å². The van der Waals surface area contributed by atoms with E-state index < -0.39 is 40.6 Å². The third kappa shape index (κ3) is 3.99. The summed E-state index contributed by atoms with van der Waals surface area (Å²) in [5, 5.41) is 25.3. The number of nitro benzene ring substituents is 1. The molecule has 3 atom stereocenters. The number of urea groups is 1. The van der Waals surface area contributed by atoms with Crippen LogP contribution in [0, 0.1) is 16.0 Å². The summed E-state index contributed by atoms with van der Waals surface area (Å²) in [5.41, 5.74) is -4.01. The van der Waals surface area contributed by atoms with Crippen molar-refractivity contribution in [3.05, 3.63) is 88.2 Å². The number of hydrogen-bond donors (Lipinski definition) is 3. The van der Waals surface area contributed by atoms with Gasteiger partial charge in [0.05, 0.1) is 4.92 Å². The second-order valence-corrected chi connectivity index (χ2v) is 7.56. The average molecular weight is 475 g/mol. The van der Waals surface area contributed by atoms with E-state index in [1.165, 1.54) is 66.0 Å². The highest BCUT2D eigenvalue weighted by atomic mass is 19.4. The van der Waals surface area contributed by atoms with Crippen LogP contribution in [0.15, 0.2) is 71.1 Å². The molecule has 0 aliphatic carbocycles. The van der Waals surface area contributed by atoms with E-state index in [0.29, 0.717) is 0 Å². The molecule has 3 aromatic rings. The van der Waals surface area contributed by atoms with Gasteiger partial charge in [-0.25, -0.2) is 4.79 Å². The van der Waals surface area contributed by atoms with Gasteiger partial charge in [-0.15, -0.1) is 0 Å². The molecule has 2 heterocycles. The largest absolute Gasteiger partial charge is 0.459 e. The Hall–Kier alpha value is -4.19. The zero-order valence-corrected chi connectivity index (χ0v) is 17.1. The summed E-state index contributed by atoms with van der Waals surface area (Å²) in [6.07, 6.45) is -5.41. The Morgan fingerprint density at radius 2 is 1.79 bits per heavy atom. The highest BCUT2D eigenvalue weighted by Gasteiger charge is 2.66. The van der Waals surface area contributed by atoms with Gasteiger partial charge in [0.25, 0.3) is 5.69 Å². The van der Waals surface area contributed by atoms with Crippen LogP contribution in [-0.2, 0) is 0 Å². The van der Waals surface area contributed by atoms with Gasteiger partial charge < -0.3 is 20.2 Å². The Labute approximate surface area is 189 Å². The number of nitrogens with one attached hydrogen (secondary N) is 2. The smallest absolute Gasteiger partial charge is 0.437 e. The predicted molar refractivity (Wildman–Crippen MR) is 110 cm³/mol. The average Bonchev–Trinajstić information content (AvgIpc) is 3.28. The molecule has 1 fully saturated rings. The van der Waals surface area contributed by atoms with Crippen molar-refractivity contribution in [3.63, 3.8) is 0 Å². The fraction of sp³-hybridized carbons (Fsp3) is 0.182. The molecule has 0 radical (unpaired) electrons. The lowest BCUT2D eigenvalue weighted by Gasteiger charge is -2.44. The van der Waals surface area contributed by atoms with Crippen molar-refractivity contribution in [1.82, 2.24) is 10.6 Å². The van der Waals surface area contributed by atoms with Crippen molar-refractivity contribution in [2.24, 2.45) is 5.92 Å². The highest BCUT2D eigenvalue weighted by molar-refractivity contribution is 6.00. The molecule has 1 aromatic heterocycles. The molecule has 34 heavy (non-hydrogen) atoms. The second kappa shape index (κ2) is 8.30. The van der Waals surface area contributed by atoms with Gasteiger partial charge in [-0.1, -0.05) is 42.5 Å². The van der Waals surface area contributed by atoms with Crippen molar-refractivity contribution in [2.45, 2.75) is 17.9 Å². The van der Waals surface area contributed by atoms with Crippen LogP contribution in [0.4, 0.5) is 23.7 Å². The molecule has 1 aliphatic rings. The molecule has 0 saturated carbocycles. The third-order valence-corrected chi connectivity index (χ3v) is 5.42. The first-order valence-corrected chi connectivity index (χ1v) is 9.83. The second-order valence-electron chi connectivity index (χ2n) is 7.56. The number of hydrogen-bond acceptors (Lipinski definition) is 6. The molecule has 4 rings (SSSR count). The molecule has 1 aliphatic heterocycles. The lowest BCUT2D eigenvalue weighted by Crippen LogP contribution is -2.72. The number of benzene rings is 2. The van der Waals surface area contributed by atoms with Crippen LogP contribution in [0.25, 0.3) is 11.3 Å². The van der Waals surface area contributed by atoms with Crippen LogP contribution in [0.3, 0.4) is 0 Å². The summed E-state index contributed by atoms with van der Waals surface area (Å²) in [6, 6.07) is 11.8. The van der Waals surface area contributed by atoms with Gasteiger partial charge in [0.15, 0.2) is 5.78 Å². The molecule has 0 spiro atoms. The normalized spacial score (nSPS) is 22.5. The van der Waals surface area contributed by atoms with E-state index in [2.05, 4.69) is 5.32 Å². The minimum absolute atomic E-state index is 0.0490. The van der Waals surface area contributed by atoms with E-state index in [-0.39, 0.29) is 28.3 Å². The lowest BCUT2D eigenvalue weighted by atomic mass is 9.79. The molecule has 3 N–H and O–H groups in total. The quantitative estimate of drug-likeness (QED) is 0.291. The molecule has 0 bridgehead atoms. The molecule has 9 nitrogen and oxygen atoms in total. The van der Waals surface area contributed by atoms with Crippen LogP contribution in [0.5, 0.6) is 0 Å². The lowest BCUT2D eigenvalue weighted by molar-refractivity contribution is -0.384. The summed E-state index contributed by atoms with van der Waals surface area (Å²) in [7, 11) is 0. The van der Waals surface area contributed by atoms with Gasteiger partial charge in [-0.05, 0) is 12.1 Å². The van der Waals surface area contributed by atoms with Crippen LogP contribution in [-0.4, -0.2) is 33.7 Å². The zero-order valence-electron chi connectivity index (χ0n) is 17.1. The first-order chi connectivity index (χ1) is 16.0. The summed E-state index contributed by atoms with van der Waals surface area (Å²) in [5.74, 6) is -3.55. The number of Topliss-reactive ketones (excluding diaryl/α,β-unsaturated/α-hetero) is 1. The number of nitrogens with zero attached hydrogens (tertiary/aromatic N) is 1. The topological polar surface area (TPSA) is 135 Å². The minimum atomic E-state index is -5.41. The van der Waals surface area contributed by atoms with Gasteiger partial charge in [-0.3, -0.25) is 14.9 Å². The number of carbonyl (C=O) groups excluding carboxylic acids is 2. The maximum absolute atomic E-state index is 14.0. The van der Waals surface area contributed by atoms with E-state index in [4.69, 9.17) is 4.42 Å². The fourth-order valence-corrected chi connectivity index (χ4v) is 3.81. The van der Waals surface area contributed by atoms with Gasteiger partial charge in [0.1, 0.15) is 23.5 Å². The molecule has 1 saturated heterocycles. The minimum Gasteiger partial charge on any atom is -0.459 e. The molecule has 2 amide bonds. The van der Waals surface area contributed by atoms with E-state index in [0.717, 1.165) is 0 Å². The zero-order chi connectivity index (χ0) is 24.7. The Morgan fingerprint density at radius 1 is 1.09 bits per heavy atom. The molecular weight excluding hydrogens is 459 g/mol. The van der Waals surface area contributed by atoms with E-state index in [1.54, 1.807) is 6.07 Å². The molecule has 12 heteroatoms. The summed E-state index contributed by atoms with van der Waals surface area (Å²) < 4.78 is 47.5. The van der Waals surface area contributed by atoms with Crippen LogP contribution < -0.4 is 10.6 Å². The number of non-ortho nitro benzene ring substituents is 1. The molecule has 176 valence electrons. The molecule has 2 aromatic carbocycles. The summed E-state index contributed by atoms with van der Waals surface area (Å²) in [4.78, 5) is 35.7. The van der Waals surface area contributed by atoms with Crippen LogP contribution >= 0.6 is 0 Å². The number of amides is 2. The van der Waals surface area contributed by atoms with Crippen molar-refractivity contribution in [1.29, 1.82) is 0 Å². The summed E-state index contributed by atoms with van der Waals surface area (Å²) >= 11 is 0. The number of furan rings is 1. The van der Waals surface area contributed by atoms with E-state index in [9.17, 15) is 38.0 Å². The number of rotatable bonds is 5. The maximum Gasteiger partial charge on any atom is 0.437 e. The Kier molecular flexibility index (Phi) is 5.61. The van der Waals surface area contributed by atoms with Gasteiger partial charge in [0, 0.05) is 23.3 Å². The van der Waals surface area contributed by atoms with Crippen LogP contribution in [0.1, 0.15) is 22.2 Å². The standard InChI is InChI=1S/C22H16F3N3O6/c23-22(24,25)21(31)17(19(29)12-5-2-1-3-6-12)18(26-20(30)27-21)16-10-9-15(34-16)13-7-4-8-14(11-13)28(32)33/h1-11,17-18,31H,(H2,26,27,30)/t17-,18+,21+/m0/s1. The van der Waals surface area contributed by atoms with E-state index in [1.807, 2.05) is 0 Å². The maximum atomic E-state index is 14.0. The van der Waals surface area contributed by atoms with Crippen molar-refractivity contribution >= 4 is 17.5 Å².